The van der Waals surface area contributed by atoms with Crippen LogP contribution < -0.4 is 0 Å². The van der Waals surface area contributed by atoms with E-state index in [-0.39, 0.29) is 19.1 Å². The van der Waals surface area contributed by atoms with Gasteiger partial charge in [-0.3, -0.25) is 0 Å². The molecule has 2 aromatic carbocycles. The second kappa shape index (κ2) is 8.72. The van der Waals surface area contributed by atoms with Crippen LogP contribution >= 0.6 is 0 Å². The number of hydrogen-bond donors (Lipinski definition) is 2. The third kappa shape index (κ3) is 5.28. The topological polar surface area (TPSA) is 40.5 Å². The lowest BCUT2D eigenvalue weighted by Gasteiger charge is -2.10. The van der Waals surface area contributed by atoms with Crippen molar-refractivity contribution in [1.29, 1.82) is 0 Å². The average Bonchev–Trinajstić information content (AvgIpc) is 2.56. The molecule has 2 nitrogen and oxygen atoms in total. The van der Waals surface area contributed by atoms with Gasteiger partial charge >= 0.3 is 0 Å². The van der Waals surface area contributed by atoms with E-state index in [0.29, 0.717) is 0 Å². The summed E-state index contributed by atoms with van der Waals surface area (Å²) in [5.74, 6) is 0.00112. The average molecular weight is 298 g/mol. The Bertz CT molecular complexity index is 539. The molecule has 2 N–H and O–H groups in total. The quantitative estimate of drug-likeness (QED) is 0.785. The SMILES string of the molecule is Cc1ccc(CCc2ccc(CCC(CO)CO)cc2)cc1. The fourth-order valence-corrected chi connectivity index (χ4v) is 2.53. The maximum absolute atomic E-state index is 9.08. The minimum Gasteiger partial charge on any atom is -0.396 e. The van der Waals surface area contributed by atoms with Gasteiger partial charge in [0.2, 0.25) is 0 Å². The smallest absolute Gasteiger partial charge is 0.0481 e. The van der Waals surface area contributed by atoms with E-state index >= 15 is 0 Å². The van der Waals surface area contributed by atoms with Crippen LogP contribution in [-0.2, 0) is 19.3 Å². The van der Waals surface area contributed by atoms with Gasteiger partial charge in [-0.1, -0.05) is 54.1 Å². The van der Waals surface area contributed by atoms with Crippen LogP contribution in [0.25, 0.3) is 0 Å². The Morgan fingerprint density at radius 3 is 1.55 bits per heavy atom. The molecule has 2 rings (SSSR count). The van der Waals surface area contributed by atoms with Crippen molar-refractivity contribution < 1.29 is 10.2 Å². The van der Waals surface area contributed by atoms with Crippen molar-refractivity contribution in [3.8, 4) is 0 Å². The molecule has 0 saturated carbocycles. The molecule has 0 unspecified atom stereocenters. The number of aliphatic hydroxyl groups is 2. The number of rotatable bonds is 8. The Kier molecular flexibility index (Phi) is 6.63. The standard InChI is InChI=1S/C20H26O2/c1-16-2-4-17(5-3-16)6-7-18-8-10-19(11-9-18)12-13-20(14-21)15-22/h2-5,8-11,20-22H,6-7,12-15H2,1H3. The Balaban J connectivity index is 1.82. The highest BCUT2D eigenvalue weighted by Crippen LogP contribution is 2.13. The van der Waals surface area contributed by atoms with Crippen molar-refractivity contribution in [3.05, 3.63) is 70.8 Å². The Morgan fingerprint density at radius 2 is 1.09 bits per heavy atom. The summed E-state index contributed by atoms with van der Waals surface area (Å²) >= 11 is 0. The van der Waals surface area contributed by atoms with E-state index in [9.17, 15) is 0 Å². The highest BCUT2D eigenvalue weighted by molar-refractivity contribution is 5.26. The van der Waals surface area contributed by atoms with E-state index in [1.165, 1.54) is 22.3 Å². The molecule has 0 aliphatic carbocycles. The highest BCUT2D eigenvalue weighted by atomic mass is 16.3. The summed E-state index contributed by atoms with van der Waals surface area (Å²) < 4.78 is 0. The largest absolute Gasteiger partial charge is 0.396 e. The molecule has 0 aliphatic heterocycles. The van der Waals surface area contributed by atoms with Crippen molar-refractivity contribution in [2.24, 2.45) is 5.92 Å². The fraction of sp³-hybridized carbons (Fsp3) is 0.400. The predicted molar refractivity (Wildman–Crippen MR) is 91.0 cm³/mol. The lowest BCUT2D eigenvalue weighted by molar-refractivity contribution is 0.144. The number of benzene rings is 2. The van der Waals surface area contributed by atoms with E-state index in [1.54, 1.807) is 0 Å². The zero-order valence-electron chi connectivity index (χ0n) is 13.3. The van der Waals surface area contributed by atoms with E-state index in [1.807, 2.05) is 0 Å². The lowest BCUT2D eigenvalue weighted by atomic mass is 9.98. The van der Waals surface area contributed by atoms with E-state index in [4.69, 9.17) is 10.2 Å². The second-order valence-corrected chi connectivity index (χ2v) is 6.07. The third-order valence-electron chi connectivity index (χ3n) is 4.20. The van der Waals surface area contributed by atoms with Crippen molar-refractivity contribution in [3.63, 3.8) is 0 Å². The minimum atomic E-state index is 0.00112. The molecular weight excluding hydrogens is 272 g/mol. The molecule has 0 radical (unpaired) electrons. The zero-order valence-corrected chi connectivity index (χ0v) is 13.3. The molecule has 0 aromatic heterocycles. The molecule has 0 aliphatic rings. The van der Waals surface area contributed by atoms with Gasteiger partial charge in [0.1, 0.15) is 0 Å². The number of aliphatic hydroxyl groups excluding tert-OH is 2. The van der Waals surface area contributed by atoms with Crippen LogP contribution in [0, 0.1) is 12.8 Å². The Labute approximate surface area is 133 Å². The molecule has 0 spiro atoms. The van der Waals surface area contributed by atoms with Gasteiger partial charge in [-0.25, -0.2) is 0 Å². The van der Waals surface area contributed by atoms with E-state index < -0.39 is 0 Å². The van der Waals surface area contributed by atoms with Gasteiger partial charge in [-0.15, -0.1) is 0 Å². The van der Waals surface area contributed by atoms with E-state index in [2.05, 4.69) is 55.5 Å². The van der Waals surface area contributed by atoms with Gasteiger partial charge in [0.15, 0.2) is 0 Å². The molecule has 0 heterocycles. The summed E-state index contributed by atoms with van der Waals surface area (Å²) in [6.45, 7) is 2.23. The Morgan fingerprint density at radius 1 is 0.682 bits per heavy atom. The zero-order chi connectivity index (χ0) is 15.8. The molecule has 0 fully saturated rings. The first-order valence-electron chi connectivity index (χ1n) is 8.06. The summed E-state index contributed by atoms with van der Waals surface area (Å²) in [5.41, 5.74) is 5.30. The predicted octanol–water partition coefficient (Wildman–Crippen LogP) is 3.31. The highest BCUT2D eigenvalue weighted by Gasteiger charge is 2.06. The molecule has 22 heavy (non-hydrogen) atoms. The van der Waals surface area contributed by atoms with Crippen molar-refractivity contribution >= 4 is 0 Å². The number of hydrogen-bond acceptors (Lipinski definition) is 2. The van der Waals surface area contributed by atoms with Gasteiger partial charge in [0.05, 0.1) is 0 Å². The maximum atomic E-state index is 9.08. The van der Waals surface area contributed by atoms with Gasteiger partial charge < -0.3 is 10.2 Å². The molecule has 2 aromatic rings. The van der Waals surface area contributed by atoms with Crippen LogP contribution in [0.15, 0.2) is 48.5 Å². The van der Waals surface area contributed by atoms with Crippen molar-refractivity contribution in [2.45, 2.75) is 32.6 Å². The lowest BCUT2D eigenvalue weighted by Crippen LogP contribution is -2.11. The first kappa shape index (κ1) is 16.7. The monoisotopic (exact) mass is 298 g/mol. The molecule has 0 saturated heterocycles. The summed E-state index contributed by atoms with van der Waals surface area (Å²) in [6, 6.07) is 17.4. The molecule has 0 atom stereocenters. The minimum absolute atomic E-state index is 0.00112. The molecule has 2 heteroatoms. The molecule has 0 bridgehead atoms. The Hall–Kier alpha value is -1.64. The third-order valence-corrected chi connectivity index (χ3v) is 4.20. The molecule has 118 valence electrons. The maximum Gasteiger partial charge on any atom is 0.0481 e. The normalized spacial score (nSPS) is 11.1. The van der Waals surface area contributed by atoms with Gasteiger partial charge in [0.25, 0.3) is 0 Å². The fourth-order valence-electron chi connectivity index (χ4n) is 2.53. The van der Waals surface area contributed by atoms with Gasteiger partial charge in [-0.05, 0) is 49.3 Å². The molecule has 0 amide bonds. The van der Waals surface area contributed by atoms with Gasteiger partial charge in [0, 0.05) is 19.1 Å². The van der Waals surface area contributed by atoms with Crippen LogP contribution in [0.4, 0.5) is 0 Å². The first-order chi connectivity index (χ1) is 10.7. The first-order valence-corrected chi connectivity index (χ1v) is 8.06. The van der Waals surface area contributed by atoms with Crippen LogP contribution in [-0.4, -0.2) is 23.4 Å². The van der Waals surface area contributed by atoms with Crippen LogP contribution in [0.3, 0.4) is 0 Å². The summed E-state index contributed by atoms with van der Waals surface area (Å²) in [7, 11) is 0. The summed E-state index contributed by atoms with van der Waals surface area (Å²) in [6.07, 6.45) is 3.86. The van der Waals surface area contributed by atoms with E-state index in [0.717, 1.165) is 25.7 Å². The van der Waals surface area contributed by atoms with Crippen molar-refractivity contribution in [1.82, 2.24) is 0 Å². The van der Waals surface area contributed by atoms with Crippen LogP contribution in [0.5, 0.6) is 0 Å². The summed E-state index contributed by atoms with van der Waals surface area (Å²) in [4.78, 5) is 0. The van der Waals surface area contributed by atoms with Crippen LogP contribution in [0.1, 0.15) is 28.7 Å². The second-order valence-electron chi connectivity index (χ2n) is 6.07. The number of aryl methyl sites for hydroxylation is 4. The van der Waals surface area contributed by atoms with Crippen molar-refractivity contribution in [2.75, 3.05) is 13.2 Å². The van der Waals surface area contributed by atoms with Gasteiger partial charge in [-0.2, -0.15) is 0 Å². The van der Waals surface area contributed by atoms with Crippen LogP contribution in [0.2, 0.25) is 0 Å². The summed E-state index contributed by atoms with van der Waals surface area (Å²) in [5, 5.41) is 18.2. The molecular formula is C20H26O2.